The number of carbonyl (C=O) groups is 3. The van der Waals surface area contributed by atoms with Gasteiger partial charge in [-0.3, -0.25) is 9.59 Å². The molecule has 2 unspecified atom stereocenters. The standard InChI is InChI=1S/C38H73NO8/c1-6-8-10-12-14-15-16-17-18-19-20-21-23-25-27-29-36(41)47-34(32-45-35(40)28-26-24-22-13-11-9-7-2)33-46-38(37(42)43)44-31-30-39(3,4)5/h34,38H,6-33H2,1-5H3/p+1. The molecule has 0 aromatic carbocycles. The van der Waals surface area contributed by atoms with Crippen LogP contribution >= 0.6 is 0 Å². The largest absolute Gasteiger partial charge is 0.477 e. The Morgan fingerprint density at radius 3 is 1.36 bits per heavy atom. The van der Waals surface area contributed by atoms with Gasteiger partial charge in [0.2, 0.25) is 0 Å². The summed E-state index contributed by atoms with van der Waals surface area (Å²) in [5.41, 5.74) is 0. The van der Waals surface area contributed by atoms with Crippen LogP contribution in [0.25, 0.3) is 0 Å². The van der Waals surface area contributed by atoms with Crippen molar-refractivity contribution in [2.24, 2.45) is 0 Å². The van der Waals surface area contributed by atoms with Crippen LogP contribution in [0.5, 0.6) is 0 Å². The molecule has 0 heterocycles. The molecule has 0 aromatic heterocycles. The molecule has 0 amide bonds. The fourth-order valence-corrected chi connectivity index (χ4v) is 5.31. The number of carboxylic acids is 1. The molecule has 0 fully saturated rings. The number of esters is 2. The Labute approximate surface area is 288 Å². The summed E-state index contributed by atoms with van der Waals surface area (Å²) in [6, 6.07) is 0. The first-order valence-corrected chi connectivity index (χ1v) is 19.2. The highest BCUT2D eigenvalue weighted by atomic mass is 16.7. The van der Waals surface area contributed by atoms with Crippen LogP contribution in [0.4, 0.5) is 0 Å². The smallest absolute Gasteiger partial charge is 0.361 e. The molecule has 0 spiro atoms. The average molecular weight is 673 g/mol. The van der Waals surface area contributed by atoms with Crippen LogP contribution in [0.1, 0.15) is 168 Å². The maximum atomic E-state index is 12.6. The molecule has 0 rings (SSSR count). The summed E-state index contributed by atoms with van der Waals surface area (Å²) in [6.45, 7) is 4.82. The number of rotatable bonds is 35. The molecule has 1 N–H and O–H groups in total. The zero-order chi connectivity index (χ0) is 35.0. The van der Waals surface area contributed by atoms with Crippen LogP contribution in [0.15, 0.2) is 0 Å². The second-order valence-corrected chi connectivity index (χ2v) is 14.3. The number of carboxylic acid groups (broad SMARTS) is 1. The van der Waals surface area contributed by atoms with E-state index in [-0.39, 0.29) is 32.2 Å². The molecular formula is C38H74NO8+. The molecule has 0 aromatic rings. The predicted molar refractivity (Wildman–Crippen MR) is 189 cm³/mol. The summed E-state index contributed by atoms with van der Waals surface area (Å²) < 4.78 is 22.5. The number of hydrogen-bond acceptors (Lipinski definition) is 7. The molecule has 0 saturated carbocycles. The van der Waals surface area contributed by atoms with Crippen molar-refractivity contribution in [3.8, 4) is 0 Å². The van der Waals surface area contributed by atoms with Gasteiger partial charge >= 0.3 is 17.9 Å². The van der Waals surface area contributed by atoms with Crippen LogP contribution in [0, 0.1) is 0 Å². The van der Waals surface area contributed by atoms with Crippen LogP contribution in [0.2, 0.25) is 0 Å². The summed E-state index contributed by atoms with van der Waals surface area (Å²) in [7, 11) is 5.94. The Morgan fingerprint density at radius 2 is 0.957 bits per heavy atom. The van der Waals surface area contributed by atoms with Gasteiger partial charge in [0.15, 0.2) is 6.10 Å². The fraction of sp³-hybridized carbons (Fsp3) is 0.921. The van der Waals surface area contributed by atoms with Crippen molar-refractivity contribution < 1.29 is 42.9 Å². The van der Waals surface area contributed by atoms with Crippen molar-refractivity contribution >= 4 is 17.9 Å². The van der Waals surface area contributed by atoms with Gasteiger partial charge in [-0.05, 0) is 12.8 Å². The highest BCUT2D eigenvalue weighted by Gasteiger charge is 2.25. The van der Waals surface area contributed by atoms with Crippen molar-refractivity contribution in [2.45, 2.75) is 180 Å². The topological polar surface area (TPSA) is 108 Å². The van der Waals surface area contributed by atoms with E-state index in [2.05, 4.69) is 13.8 Å². The second-order valence-electron chi connectivity index (χ2n) is 14.3. The highest BCUT2D eigenvalue weighted by molar-refractivity contribution is 5.71. The molecule has 0 aliphatic carbocycles. The third-order valence-electron chi connectivity index (χ3n) is 8.36. The quantitative estimate of drug-likeness (QED) is 0.0308. The minimum Gasteiger partial charge on any atom is -0.477 e. The van der Waals surface area contributed by atoms with Gasteiger partial charge in [-0.15, -0.1) is 0 Å². The number of carbonyl (C=O) groups excluding carboxylic acids is 2. The summed E-state index contributed by atoms with van der Waals surface area (Å²) in [5, 5.41) is 9.56. The predicted octanol–water partition coefficient (Wildman–Crippen LogP) is 8.99. The SMILES string of the molecule is CCCCCCCCCCCCCCCCCC(=O)OC(COC(=O)CCCCCCCCC)COC(OCC[N+](C)(C)C)C(=O)O. The molecular weight excluding hydrogens is 598 g/mol. The van der Waals surface area contributed by atoms with E-state index in [0.29, 0.717) is 17.4 Å². The fourth-order valence-electron chi connectivity index (χ4n) is 5.31. The monoisotopic (exact) mass is 673 g/mol. The van der Waals surface area contributed by atoms with Gasteiger partial charge < -0.3 is 28.5 Å². The van der Waals surface area contributed by atoms with Crippen LogP contribution < -0.4 is 0 Å². The zero-order valence-electron chi connectivity index (χ0n) is 31.2. The minimum absolute atomic E-state index is 0.175. The van der Waals surface area contributed by atoms with Crippen LogP contribution in [-0.2, 0) is 33.3 Å². The van der Waals surface area contributed by atoms with Crippen molar-refractivity contribution in [2.75, 3.05) is 47.5 Å². The van der Waals surface area contributed by atoms with Gasteiger partial charge in [0.05, 0.1) is 34.4 Å². The summed E-state index contributed by atoms with van der Waals surface area (Å²) >= 11 is 0. The lowest BCUT2D eigenvalue weighted by molar-refractivity contribution is -0.870. The first kappa shape index (κ1) is 45.3. The normalized spacial score (nSPS) is 13.0. The lowest BCUT2D eigenvalue weighted by Crippen LogP contribution is -2.40. The van der Waals surface area contributed by atoms with E-state index >= 15 is 0 Å². The van der Waals surface area contributed by atoms with E-state index in [1.54, 1.807) is 0 Å². The Balaban J connectivity index is 4.44. The average Bonchev–Trinajstić information content (AvgIpc) is 3.02. The van der Waals surface area contributed by atoms with Crippen LogP contribution in [-0.4, -0.2) is 87.4 Å². The van der Waals surface area contributed by atoms with Crippen LogP contribution in [0.3, 0.4) is 0 Å². The summed E-state index contributed by atoms with van der Waals surface area (Å²) in [5.74, 6) is -2.00. The third-order valence-corrected chi connectivity index (χ3v) is 8.36. The van der Waals surface area contributed by atoms with Gasteiger partial charge in [0.25, 0.3) is 6.29 Å². The van der Waals surface area contributed by atoms with Gasteiger partial charge in [-0.1, -0.05) is 142 Å². The van der Waals surface area contributed by atoms with Crippen molar-refractivity contribution in [3.05, 3.63) is 0 Å². The van der Waals surface area contributed by atoms with E-state index in [4.69, 9.17) is 18.9 Å². The number of quaternary nitrogens is 1. The van der Waals surface area contributed by atoms with Crippen molar-refractivity contribution in [1.82, 2.24) is 0 Å². The number of nitrogens with zero attached hydrogens (tertiary/aromatic N) is 1. The Hall–Kier alpha value is -1.71. The first-order valence-electron chi connectivity index (χ1n) is 19.2. The number of aliphatic carboxylic acids is 1. The van der Waals surface area contributed by atoms with Crippen molar-refractivity contribution in [1.29, 1.82) is 0 Å². The van der Waals surface area contributed by atoms with E-state index in [0.717, 1.165) is 38.5 Å². The number of ether oxygens (including phenoxy) is 4. The first-order chi connectivity index (χ1) is 22.6. The maximum Gasteiger partial charge on any atom is 0.361 e. The van der Waals surface area contributed by atoms with E-state index < -0.39 is 24.3 Å². The van der Waals surface area contributed by atoms with E-state index in [9.17, 15) is 19.5 Å². The summed E-state index contributed by atoms with van der Waals surface area (Å²) in [4.78, 5) is 36.7. The highest BCUT2D eigenvalue weighted by Crippen LogP contribution is 2.15. The molecule has 278 valence electrons. The number of likely N-dealkylation sites (N-methyl/N-ethyl adjacent to an activating group) is 1. The van der Waals surface area contributed by atoms with Gasteiger partial charge in [0.1, 0.15) is 13.2 Å². The molecule has 0 saturated heterocycles. The molecule has 9 heteroatoms. The third kappa shape index (κ3) is 32.6. The number of hydrogen-bond donors (Lipinski definition) is 1. The molecule has 47 heavy (non-hydrogen) atoms. The van der Waals surface area contributed by atoms with E-state index in [1.165, 1.54) is 103 Å². The molecule has 0 bridgehead atoms. The lowest BCUT2D eigenvalue weighted by atomic mass is 10.0. The molecule has 0 aliphatic heterocycles. The Bertz CT molecular complexity index is 754. The minimum atomic E-state index is -1.50. The van der Waals surface area contributed by atoms with Crippen molar-refractivity contribution in [3.63, 3.8) is 0 Å². The number of unbranched alkanes of at least 4 members (excludes halogenated alkanes) is 20. The van der Waals surface area contributed by atoms with E-state index in [1.807, 2.05) is 21.1 Å². The maximum absolute atomic E-state index is 12.6. The van der Waals surface area contributed by atoms with Gasteiger partial charge in [-0.2, -0.15) is 0 Å². The summed E-state index contributed by atoms with van der Waals surface area (Å²) in [6.07, 6.45) is 24.6. The Morgan fingerprint density at radius 1 is 0.553 bits per heavy atom. The molecule has 2 atom stereocenters. The molecule has 9 nitrogen and oxygen atoms in total. The van der Waals surface area contributed by atoms with Gasteiger partial charge in [-0.25, -0.2) is 4.79 Å². The lowest BCUT2D eigenvalue weighted by Gasteiger charge is -2.25. The molecule has 0 radical (unpaired) electrons. The zero-order valence-corrected chi connectivity index (χ0v) is 31.2. The van der Waals surface area contributed by atoms with Gasteiger partial charge in [0, 0.05) is 12.8 Å². The second kappa shape index (κ2) is 31.6. The molecule has 0 aliphatic rings. The Kier molecular flexibility index (Phi) is 30.4.